The molecule has 2 N–H and O–H groups in total. The van der Waals surface area contributed by atoms with Gasteiger partial charge in [-0.3, -0.25) is 9.52 Å². The van der Waals surface area contributed by atoms with E-state index in [2.05, 4.69) is 16.0 Å². The van der Waals surface area contributed by atoms with E-state index in [1.54, 1.807) is 45.0 Å². The molecule has 1 aromatic rings. The summed E-state index contributed by atoms with van der Waals surface area (Å²) >= 11 is 0. The number of nitrogens with one attached hydrogen (secondary N) is 2. The molecule has 152 valence electrons. The molecule has 0 heterocycles. The second kappa shape index (κ2) is 9.60. The number of terminal acetylenes is 1. The molecule has 8 heteroatoms. The highest BCUT2D eigenvalue weighted by atomic mass is 32.2. The Morgan fingerprint density at radius 1 is 1.29 bits per heavy atom. The molecule has 1 saturated carbocycles. The second-order valence-electron chi connectivity index (χ2n) is 7.50. The predicted octanol–water partition coefficient (Wildman–Crippen LogP) is 2.08. The van der Waals surface area contributed by atoms with Crippen LogP contribution in [0.2, 0.25) is 0 Å². The van der Waals surface area contributed by atoms with Gasteiger partial charge >= 0.3 is 6.09 Å². The molecule has 0 radical (unpaired) electrons. The van der Waals surface area contributed by atoms with Crippen LogP contribution in [-0.4, -0.2) is 39.7 Å². The van der Waals surface area contributed by atoms with Crippen LogP contribution in [0.5, 0.6) is 5.75 Å². The van der Waals surface area contributed by atoms with Crippen molar-refractivity contribution in [3.63, 3.8) is 0 Å². The van der Waals surface area contributed by atoms with Gasteiger partial charge in [-0.2, -0.15) is 0 Å². The van der Waals surface area contributed by atoms with Gasteiger partial charge in [-0.05, 0) is 51.3 Å². The summed E-state index contributed by atoms with van der Waals surface area (Å²) in [5, 5.41) is 2.57. The Balaban J connectivity index is 2.05. The highest BCUT2D eigenvalue weighted by Crippen LogP contribution is 2.25. The SMILES string of the molecule is C#CCOc1ccc(CC(NC(=O)OC(C)(C)C)C(=O)NS(=O)C2CC2)cc1. The molecule has 0 bridgehead atoms. The maximum absolute atomic E-state index is 12.6. The Morgan fingerprint density at radius 2 is 1.93 bits per heavy atom. The number of benzene rings is 1. The predicted molar refractivity (Wildman–Crippen MR) is 107 cm³/mol. The van der Waals surface area contributed by atoms with Crippen LogP contribution < -0.4 is 14.8 Å². The van der Waals surface area contributed by atoms with E-state index in [9.17, 15) is 13.8 Å². The second-order valence-corrected chi connectivity index (χ2v) is 8.97. The summed E-state index contributed by atoms with van der Waals surface area (Å²) in [6, 6.07) is 6.10. The standard InChI is InChI=1S/C20H26N2O5S/c1-5-12-26-15-8-6-14(7-9-15)13-17(21-19(24)27-20(2,3)4)18(23)22-28(25)16-10-11-16/h1,6-9,16-17H,10-13H2,2-4H3,(H,21,24)(H,22,23). The summed E-state index contributed by atoms with van der Waals surface area (Å²) < 4.78 is 25.1. The minimum atomic E-state index is -1.44. The molecule has 1 fully saturated rings. The van der Waals surface area contributed by atoms with Crippen molar-refractivity contribution < 1.29 is 23.3 Å². The van der Waals surface area contributed by atoms with E-state index in [1.807, 2.05) is 0 Å². The highest BCUT2D eigenvalue weighted by Gasteiger charge is 2.32. The number of hydrogen-bond donors (Lipinski definition) is 2. The van der Waals surface area contributed by atoms with Gasteiger partial charge in [0.05, 0.1) is 5.25 Å². The quantitative estimate of drug-likeness (QED) is 0.645. The number of hydrogen-bond acceptors (Lipinski definition) is 5. The van der Waals surface area contributed by atoms with E-state index in [0.29, 0.717) is 5.75 Å². The first-order valence-electron chi connectivity index (χ1n) is 9.04. The lowest BCUT2D eigenvalue weighted by molar-refractivity contribution is -0.121. The van der Waals surface area contributed by atoms with Crippen molar-refractivity contribution in [1.29, 1.82) is 0 Å². The molecule has 1 aliphatic carbocycles. The average molecular weight is 407 g/mol. The maximum Gasteiger partial charge on any atom is 0.408 e. The van der Waals surface area contributed by atoms with Gasteiger partial charge in [-0.1, -0.05) is 18.1 Å². The Bertz CT molecular complexity index is 760. The largest absolute Gasteiger partial charge is 0.481 e. The van der Waals surface area contributed by atoms with E-state index < -0.39 is 34.6 Å². The third-order valence-electron chi connectivity index (χ3n) is 3.72. The van der Waals surface area contributed by atoms with Gasteiger partial charge in [-0.15, -0.1) is 6.42 Å². The Morgan fingerprint density at radius 3 is 2.46 bits per heavy atom. The van der Waals surface area contributed by atoms with E-state index in [0.717, 1.165) is 18.4 Å². The fourth-order valence-electron chi connectivity index (χ4n) is 2.28. The van der Waals surface area contributed by atoms with Crippen LogP contribution in [0.3, 0.4) is 0 Å². The fourth-order valence-corrected chi connectivity index (χ4v) is 3.35. The van der Waals surface area contributed by atoms with Crippen molar-refractivity contribution in [2.24, 2.45) is 0 Å². The minimum Gasteiger partial charge on any atom is -0.481 e. The van der Waals surface area contributed by atoms with Crippen molar-refractivity contribution in [3.05, 3.63) is 29.8 Å². The molecular formula is C20H26N2O5S. The van der Waals surface area contributed by atoms with Crippen molar-refractivity contribution in [2.75, 3.05) is 6.61 Å². The monoisotopic (exact) mass is 406 g/mol. The number of alkyl carbamates (subject to hydrolysis) is 1. The van der Waals surface area contributed by atoms with Gasteiger partial charge in [0.15, 0.2) is 0 Å². The van der Waals surface area contributed by atoms with Crippen LogP contribution in [-0.2, 0) is 26.9 Å². The summed E-state index contributed by atoms with van der Waals surface area (Å²) in [7, 11) is -1.44. The van der Waals surface area contributed by atoms with Crippen LogP contribution in [0.15, 0.2) is 24.3 Å². The van der Waals surface area contributed by atoms with Crippen molar-refractivity contribution in [3.8, 4) is 18.1 Å². The van der Waals surface area contributed by atoms with E-state index in [-0.39, 0.29) is 18.3 Å². The van der Waals surface area contributed by atoms with Gasteiger partial charge in [-0.25, -0.2) is 9.00 Å². The third-order valence-corrected chi connectivity index (χ3v) is 5.20. The summed E-state index contributed by atoms with van der Waals surface area (Å²) in [4.78, 5) is 24.7. The number of carbonyl (C=O) groups is 2. The zero-order valence-corrected chi connectivity index (χ0v) is 17.1. The van der Waals surface area contributed by atoms with Crippen LogP contribution in [0.25, 0.3) is 0 Å². The lowest BCUT2D eigenvalue weighted by atomic mass is 10.1. The van der Waals surface area contributed by atoms with Gasteiger partial charge < -0.3 is 14.8 Å². The van der Waals surface area contributed by atoms with Crippen molar-refractivity contribution in [2.45, 2.75) is 56.9 Å². The Hall–Kier alpha value is -2.53. The lowest BCUT2D eigenvalue weighted by Gasteiger charge is -2.23. The fraction of sp³-hybridized carbons (Fsp3) is 0.500. The van der Waals surface area contributed by atoms with Gasteiger partial charge in [0.2, 0.25) is 0 Å². The molecule has 2 amide bonds. The zero-order valence-electron chi connectivity index (χ0n) is 16.3. The van der Waals surface area contributed by atoms with Crippen LogP contribution in [0.1, 0.15) is 39.2 Å². The molecule has 0 saturated heterocycles. The van der Waals surface area contributed by atoms with E-state index >= 15 is 0 Å². The molecule has 28 heavy (non-hydrogen) atoms. The first-order chi connectivity index (χ1) is 13.2. The van der Waals surface area contributed by atoms with Crippen LogP contribution >= 0.6 is 0 Å². The topological polar surface area (TPSA) is 93.7 Å². The van der Waals surface area contributed by atoms with Gasteiger partial charge in [0.1, 0.15) is 35.0 Å². The summed E-state index contributed by atoms with van der Waals surface area (Å²) in [5.41, 5.74) is 0.0966. The summed E-state index contributed by atoms with van der Waals surface area (Å²) in [5.74, 6) is 2.48. The zero-order chi connectivity index (χ0) is 20.7. The highest BCUT2D eigenvalue weighted by molar-refractivity contribution is 7.84. The minimum absolute atomic E-state index is 0.00119. The average Bonchev–Trinajstić information content (AvgIpc) is 3.44. The lowest BCUT2D eigenvalue weighted by Crippen LogP contribution is -2.50. The third kappa shape index (κ3) is 7.61. The molecule has 2 unspecified atom stereocenters. The molecule has 1 aliphatic rings. The molecule has 2 rings (SSSR count). The normalized spacial score (nSPS) is 15.6. The number of carbonyl (C=O) groups excluding carboxylic acids is 2. The smallest absolute Gasteiger partial charge is 0.408 e. The van der Waals surface area contributed by atoms with Crippen molar-refractivity contribution in [1.82, 2.24) is 10.0 Å². The first-order valence-corrected chi connectivity index (χ1v) is 10.2. The van der Waals surface area contributed by atoms with E-state index in [4.69, 9.17) is 15.9 Å². The molecule has 0 aliphatic heterocycles. The van der Waals surface area contributed by atoms with Gasteiger partial charge in [0.25, 0.3) is 5.91 Å². The van der Waals surface area contributed by atoms with Crippen LogP contribution in [0, 0.1) is 12.3 Å². The Labute approximate surface area is 168 Å². The summed E-state index contributed by atoms with van der Waals surface area (Å²) in [6.45, 7) is 5.37. The first kappa shape index (κ1) is 21.8. The van der Waals surface area contributed by atoms with Gasteiger partial charge in [0, 0.05) is 6.42 Å². The number of rotatable bonds is 8. The molecular weight excluding hydrogens is 380 g/mol. The molecule has 0 spiro atoms. The maximum atomic E-state index is 12.6. The van der Waals surface area contributed by atoms with Crippen molar-refractivity contribution >= 4 is 23.0 Å². The molecule has 7 nitrogen and oxygen atoms in total. The van der Waals surface area contributed by atoms with Crippen LogP contribution in [0.4, 0.5) is 4.79 Å². The molecule has 1 aromatic carbocycles. The molecule has 2 atom stereocenters. The summed E-state index contributed by atoms with van der Waals surface area (Å²) in [6.07, 6.45) is 6.32. The Kier molecular flexibility index (Phi) is 7.46. The number of ether oxygens (including phenoxy) is 2. The molecule has 0 aromatic heterocycles. The van der Waals surface area contributed by atoms with E-state index in [1.165, 1.54) is 0 Å². The number of amides is 2.